The summed E-state index contributed by atoms with van der Waals surface area (Å²) in [6.45, 7) is 0.485. The van der Waals surface area contributed by atoms with E-state index in [1.807, 2.05) is 4.90 Å². The predicted octanol–water partition coefficient (Wildman–Crippen LogP) is 1.35. The molecule has 0 aromatic carbocycles. The topological polar surface area (TPSA) is 87.5 Å². The number of alkyl halides is 3. The first-order valence-corrected chi connectivity index (χ1v) is 8.56. The normalized spacial score (nSPS) is 22.9. The van der Waals surface area contributed by atoms with Gasteiger partial charge in [0, 0.05) is 24.8 Å². The molecule has 26 heavy (non-hydrogen) atoms. The second-order valence-electron chi connectivity index (χ2n) is 7.05. The molecule has 7 nitrogen and oxygen atoms in total. The van der Waals surface area contributed by atoms with Gasteiger partial charge in [-0.2, -0.15) is 18.3 Å². The molecule has 10 heteroatoms. The number of carboxylic acid groups (broad SMARTS) is 1. The van der Waals surface area contributed by atoms with E-state index in [0.29, 0.717) is 18.8 Å². The summed E-state index contributed by atoms with van der Waals surface area (Å²) >= 11 is 0. The molecule has 1 amide bonds. The Balaban J connectivity index is 1.43. The van der Waals surface area contributed by atoms with Gasteiger partial charge in [0.25, 0.3) is 0 Å². The van der Waals surface area contributed by atoms with Gasteiger partial charge >= 0.3 is 12.1 Å². The number of rotatable bonds is 8. The Morgan fingerprint density at radius 2 is 2.04 bits per heavy atom. The standard InChI is InChI=1S/C16H21F3N4O3/c17-16(18,19)13-3-4-23(21-13)8-14(24)20-11-5-12(6-11)22(9-15(25)26)7-10-1-2-10/h3-4,10-12H,1-2,5-9H2,(H,20,24)(H,25,26). The maximum absolute atomic E-state index is 12.5. The van der Waals surface area contributed by atoms with Crippen molar-refractivity contribution in [3.8, 4) is 0 Å². The third kappa shape index (κ3) is 4.96. The molecular formula is C16H21F3N4O3. The Morgan fingerprint density at radius 3 is 2.58 bits per heavy atom. The van der Waals surface area contributed by atoms with Gasteiger partial charge in [-0.05, 0) is 37.7 Å². The maximum Gasteiger partial charge on any atom is 0.435 e. The van der Waals surface area contributed by atoms with Crippen molar-refractivity contribution in [1.29, 1.82) is 0 Å². The SMILES string of the molecule is O=C(O)CN(CC1CC1)C1CC(NC(=O)Cn2ccc(C(F)(F)F)n2)C1. The highest BCUT2D eigenvalue weighted by molar-refractivity contribution is 5.76. The van der Waals surface area contributed by atoms with Crippen LogP contribution >= 0.6 is 0 Å². The van der Waals surface area contributed by atoms with Crippen LogP contribution in [0.3, 0.4) is 0 Å². The number of nitrogens with one attached hydrogen (secondary N) is 1. The lowest BCUT2D eigenvalue weighted by Crippen LogP contribution is -2.55. The zero-order valence-electron chi connectivity index (χ0n) is 14.1. The number of carbonyl (C=O) groups is 2. The van der Waals surface area contributed by atoms with E-state index in [-0.39, 0.29) is 25.2 Å². The van der Waals surface area contributed by atoms with Crippen molar-refractivity contribution >= 4 is 11.9 Å². The number of hydrogen-bond donors (Lipinski definition) is 2. The number of amides is 1. The Morgan fingerprint density at radius 1 is 1.35 bits per heavy atom. The lowest BCUT2D eigenvalue weighted by Gasteiger charge is -2.42. The van der Waals surface area contributed by atoms with Crippen molar-refractivity contribution in [2.45, 2.75) is 50.5 Å². The minimum Gasteiger partial charge on any atom is -0.480 e. The zero-order chi connectivity index (χ0) is 18.9. The molecule has 2 fully saturated rings. The molecule has 2 saturated carbocycles. The second-order valence-corrected chi connectivity index (χ2v) is 7.05. The molecular weight excluding hydrogens is 353 g/mol. The molecule has 3 rings (SSSR count). The number of carbonyl (C=O) groups excluding carboxylic acids is 1. The van der Waals surface area contributed by atoms with Crippen molar-refractivity contribution in [3.05, 3.63) is 18.0 Å². The fourth-order valence-electron chi connectivity index (χ4n) is 3.17. The van der Waals surface area contributed by atoms with Crippen LogP contribution in [0.25, 0.3) is 0 Å². The predicted molar refractivity (Wildman–Crippen MR) is 84.1 cm³/mol. The third-order valence-electron chi connectivity index (χ3n) is 4.76. The van der Waals surface area contributed by atoms with E-state index in [2.05, 4.69) is 10.4 Å². The average Bonchev–Trinajstić information content (AvgIpc) is 3.15. The monoisotopic (exact) mass is 374 g/mol. The van der Waals surface area contributed by atoms with E-state index in [9.17, 15) is 22.8 Å². The summed E-state index contributed by atoms with van der Waals surface area (Å²) < 4.78 is 38.4. The van der Waals surface area contributed by atoms with Gasteiger partial charge in [-0.15, -0.1) is 0 Å². The molecule has 1 aromatic heterocycles. The highest BCUT2D eigenvalue weighted by Gasteiger charge is 2.38. The largest absolute Gasteiger partial charge is 0.480 e. The van der Waals surface area contributed by atoms with E-state index < -0.39 is 23.7 Å². The van der Waals surface area contributed by atoms with Crippen LogP contribution in [0.1, 0.15) is 31.4 Å². The molecule has 0 unspecified atom stereocenters. The van der Waals surface area contributed by atoms with Crippen LogP contribution in [0.15, 0.2) is 12.3 Å². The fraction of sp³-hybridized carbons (Fsp3) is 0.688. The molecule has 1 heterocycles. The number of nitrogens with zero attached hydrogens (tertiary/aromatic N) is 3. The Bertz CT molecular complexity index is 666. The summed E-state index contributed by atoms with van der Waals surface area (Å²) in [4.78, 5) is 24.9. The van der Waals surface area contributed by atoms with Gasteiger partial charge < -0.3 is 10.4 Å². The Labute approximate surface area is 148 Å². The fourth-order valence-corrected chi connectivity index (χ4v) is 3.17. The summed E-state index contributed by atoms with van der Waals surface area (Å²) in [5, 5.41) is 15.1. The van der Waals surface area contributed by atoms with Crippen molar-refractivity contribution in [2.24, 2.45) is 5.92 Å². The average molecular weight is 374 g/mol. The van der Waals surface area contributed by atoms with E-state index in [4.69, 9.17) is 5.11 Å². The highest BCUT2D eigenvalue weighted by Crippen LogP contribution is 2.33. The number of aromatic nitrogens is 2. The smallest absolute Gasteiger partial charge is 0.435 e. The summed E-state index contributed by atoms with van der Waals surface area (Å²) in [6, 6.07) is 0.869. The van der Waals surface area contributed by atoms with Gasteiger partial charge in [-0.3, -0.25) is 19.2 Å². The first-order chi connectivity index (χ1) is 12.2. The van der Waals surface area contributed by atoms with E-state index in [0.717, 1.165) is 36.3 Å². The quantitative estimate of drug-likeness (QED) is 0.717. The summed E-state index contributed by atoms with van der Waals surface area (Å²) in [5.74, 6) is -0.694. The number of halogens is 3. The maximum atomic E-state index is 12.5. The summed E-state index contributed by atoms with van der Waals surface area (Å²) in [7, 11) is 0. The lowest BCUT2D eigenvalue weighted by molar-refractivity contribution is -0.142. The number of hydrogen-bond acceptors (Lipinski definition) is 4. The van der Waals surface area contributed by atoms with E-state index in [1.165, 1.54) is 0 Å². The van der Waals surface area contributed by atoms with Gasteiger partial charge in [-0.25, -0.2) is 0 Å². The summed E-state index contributed by atoms with van der Waals surface area (Å²) in [6.07, 6.45) is 0.158. The summed E-state index contributed by atoms with van der Waals surface area (Å²) in [5.41, 5.74) is -1.03. The van der Waals surface area contributed by atoms with E-state index in [1.54, 1.807) is 0 Å². The molecule has 0 radical (unpaired) electrons. The van der Waals surface area contributed by atoms with Crippen LogP contribution in [0.4, 0.5) is 13.2 Å². The van der Waals surface area contributed by atoms with Gasteiger partial charge in [0.05, 0.1) is 6.54 Å². The van der Waals surface area contributed by atoms with Crippen LogP contribution in [0.5, 0.6) is 0 Å². The molecule has 2 aliphatic carbocycles. The molecule has 0 atom stereocenters. The van der Waals surface area contributed by atoms with Gasteiger partial charge in [0.2, 0.25) is 5.91 Å². The minimum absolute atomic E-state index is 0.00462. The van der Waals surface area contributed by atoms with Gasteiger partial charge in [0.15, 0.2) is 5.69 Å². The first-order valence-electron chi connectivity index (χ1n) is 8.56. The molecule has 0 aliphatic heterocycles. The zero-order valence-corrected chi connectivity index (χ0v) is 14.1. The van der Waals surface area contributed by atoms with Crippen molar-refractivity contribution < 1.29 is 27.9 Å². The van der Waals surface area contributed by atoms with Crippen LogP contribution in [-0.2, 0) is 22.3 Å². The number of carboxylic acids is 1. The van der Waals surface area contributed by atoms with Gasteiger partial charge in [-0.1, -0.05) is 0 Å². The Kier molecular flexibility index (Phi) is 5.22. The number of aliphatic carboxylic acids is 1. The van der Waals surface area contributed by atoms with Crippen molar-refractivity contribution in [1.82, 2.24) is 20.0 Å². The molecule has 2 aliphatic rings. The first kappa shape index (κ1) is 18.7. The molecule has 0 spiro atoms. The second kappa shape index (κ2) is 7.26. The van der Waals surface area contributed by atoms with Crippen molar-refractivity contribution in [2.75, 3.05) is 13.1 Å². The van der Waals surface area contributed by atoms with E-state index >= 15 is 0 Å². The van der Waals surface area contributed by atoms with Crippen LogP contribution in [0.2, 0.25) is 0 Å². The highest BCUT2D eigenvalue weighted by atomic mass is 19.4. The molecule has 2 N–H and O–H groups in total. The minimum atomic E-state index is -4.53. The lowest BCUT2D eigenvalue weighted by atomic mass is 9.85. The van der Waals surface area contributed by atoms with Gasteiger partial charge in [0.1, 0.15) is 6.54 Å². The molecule has 144 valence electrons. The molecule has 1 aromatic rings. The Hall–Kier alpha value is -2.10. The van der Waals surface area contributed by atoms with Crippen LogP contribution in [-0.4, -0.2) is 56.8 Å². The molecule has 0 saturated heterocycles. The van der Waals surface area contributed by atoms with Crippen molar-refractivity contribution in [3.63, 3.8) is 0 Å². The van der Waals surface area contributed by atoms with Crippen LogP contribution < -0.4 is 5.32 Å². The third-order valence-corrected chi connectivity index (χ3v) is 4.76. The molecule has 0 bridgehead atoms. The van der Waals surface area contributed by atoms with Crippen LogP contribution in [0, 0.1) is 5.92 Å².